The lowest BCUT2D eigenvalue weighted by Gasteiger charge is -2.08. The summed E-state index contributed by atoms with van der Waals surface area (Å²) in [6.45, 7) is 0.304. The maximum absolute atomic E-state index is 12.4. The van der Waals surface area contributed by atoms with E-state index in [1.165, 1.54) is 6.08 Å². The summed E-state index contributed by atoms with van der Waals surface area (Å²) in [5.74, 6) is -0.0624. The third kappa shape index (κ3) is 3.96. The number of para-hydroxylation sites is 1. The Kier molecular flexibility index (Phi) is 5.14. The van der Waals surface area contributed by atoms with Gasteiger partial charge in [0, 0.05) is 27.9 Å². The molecule has 156 valence electrons. The first kappa shape index (κ1) is 19.6. The molecule has 0 aliphatic heterocycles. The molecule has 3 N–H and O–H groups in total. The van der Waals surface area contributed by atoms with Gasteiger partial charge < -0.3 is 15.4 Å². The number of carbonyl (C=O) groups excluding carboxylic acids is 1. The van der Waals surface area contributed by atoms with Crippen molar-refractivity contribution in [3.8, 4) is 17.0 Å². The molecule has 2 heterocycles. The monoisotopic (exact) mass is 419 g/mol. The van der Waals surface area contributed by atoms with Crippen LogP contribution in [0, 0.1) is 0 Å². The minimum Gasteiger partial charge on any atom is -0.508 e. The van der Waals surface area contributed by atoms with Crippen LogP contribution in [-0.4, -0.2) is 21.0 Å². The second-order valence-electron chi connectivity index (χ2n) is 7.57. The van der Waals surface area contributed by atoms with Crippen LogP contribution in [0.5, 0.6) is 5.75 Å². The van der Waals surface area contributed by atoms with Crippen LogP contribution >= 0.6 is 0 Å². The van der Waals surface area contributed by atoms with Gasteiger partial charge in [-0.1, -0.05) is 60.7 Å². The molecule has 0 saturated carbocycles. The van der Waals surface area contributed by atoms with E-state index in [4.69, 9.17) is 4.98 Å². The van der Waals surface area contributed by atoms with Crippen molar-refractivity contribution in [2.75, 3.05) is 0 Å². The van der Waals surface area contributed by atoms with Crippen LogP contribution < -0.4 is 5.32 Å². The first-order valence-electron chi connectivity index (χ1n) is 10.4. The summed E-state index contributed by atoms with van der Waals surface area (Å²) in [6.07, 6.45) is 3.12. The number of phenolic OH excluding ortho intramolecular Hbond substituents is 1. The molecule has 0 atom stereocenters. The molecule has 5 nitrogen and oxygen atoms in total. The van der Waals surface area contributed by atoms with E-state index in [1.54, 1.807) is 24.3 Å². The third-order valence-electron chi connectivity index (χ3n) is 5.34. The number of H-pyrrole nitrogens is 1. The first-order chi connectivity index (χ1) is 15.7. The second kappa shape index (κ2) is 8.40. The Morgan fingerprint density at radius 2 is 1.75 bits per heavy atom. The van der Waals surface area contributed by atoms with Crippen LogP contribution in [0.15, 0.2) is 91.0 Å². The van der Waals surface area contributed by atoms with Crippen LogP contribution in [0.1, 0.15) is 11.3 Å². The van der Waals surface area contributed by atoms with Gasteiger partial charge in [0.2, 0.25) is 5.91 Å². The van der Waals surface area contributed by atoms with Crippen molar-refractivity contribution in [3.05, 3.63) is 102 Å². The summed E-state index contributed by atoms with van der Waals surface area (Å²) in [5, 5.41) is 14.7. The minimum absolute atomic E-state index is 0.164. The summed E-state index contributed by atoms with van der Waals surface area (Å²) in [6, 6.07) is 27.0. The molecule has 3 aromatic carbocycles. The summed E-state index contributed by atoms with van der Waals surface area (Å²) in [4.78, 5) is 20.7. The Bertz CT molecular complexity index is 1450. The van der Waals surface area contributed by atoms with E-state index in [0.29, 0.717) is 6.54 Å². The fourth-order valence-electron chi connectivity index (χ4n) is 3.83. The van der Waals surface area contributed by atoms with E-state index >= 15 is 0 Å². The number of aromatic amines is 1. The van der Waals surface area contributed by atoms with Crippen molar-refractivity contribution >= 4 is 33.8 Å². The Balaban J connectivity index is 1.46. The predicted molar refractivity (Wildman–Crippen MR) is 128 cm³/mol. The van der Waals surface area contributed by atoms with Crippen LogP contribution in [0.25, 0.3) is 39.1 Å². The number of rotatable bonds is 5. The van der Waals surface area contributed by atoms with Gasteiger partial charge in [-0.2, -0.15) is 0 Å². The molecule has 1 amide bonds. The van der Waals surface area contributed by atoms with Crippen LogP contribution in [-0.2, 0) is 11.3 Å². The quantitative estimate of drug-likeness (QED) is 0.333. The number of nitrogens with zero attached hydrogens (tertiary/aromatic N) is 1. The van der Waals surface area contributed by atoms with Gasteiger partial charge in [-0.3, -0.25) is 4.79 Å². The summed E-state index contributed by atoms with van der Waals surface area (Å²) in [7, 11) is 0. The highest BCUT2D eigenvalue weighted by molar-refractivity contribution is 6.11. The highest BCUT2D eigenvalue weighted by Crippen LogP contribution is 2.32. The third-order valence-corrected chi connectivity index (χ3v) is 5.34. The van der Waals surface area contributed by atoms with Crippen molar-refractivity contribution in [2.24, 2.45) is 0 Å². The summed E-state index contributed by atoms with van der Waals surface area (Å²) >= 11 is 0. The molecule has 0 aliphatic rings. The normalized spacial score (nSPS) is 11.4. The van der Waals surface area contributed by atoms with Crippen LogP contribution in [0.3, 0.4) is 0 Å². The maximum atomic E-state index is 12.4. The topological polar surface area (TPSA) is 78.0 Å². The number of nitrogens with one attached hydrogen (secondary N) is 2. The lowest BCUT2D eigenvalue weighted by atomic mass is 10.1. The highest BCUT2D eigenvalue weighted by atomic mass is 16.3. The first-order valence-corrected chi connectivity index (χ1v) is 10.4. The van der Waals surface area contributed by atoms with E-state index in [1.807, 2.05) is 54.6 Å². The van der Waals surface area contributed by atoms with E-state index in [0.717, 1.165) is 44.3 Å². The number of benzene rings is 3. The number of hydrogen-bond acceptors (Lipinski definition) is 3. The van der Waals surface area contributed by atoms with Crippen molar-refractivity contribution in [1.29, 1.82) is 0 Å². The number of phenols is 1. The highest BCUT2D eigenvalue weighted by Gasteiger charge is 2.13. The van der Waals surface area contributed by atoms with Gasteiger partial charge in [-0.05, 0) is 35.9 Å². The van der Waals surface area contributed by atoms with Gasteiger partial charge in [0.1, 0.15) is 5.75 Å². The number of aromatic nitrogens is 2. The van der Waals surface area contributed by atoms with Crippen molar-refractivity contribution in [1.82, 2.24) is 15.3 Å². The fourth-order valence-corrected chi connectivity index (χ4v) is 3.83. The maximum Gasteiger partial charge on any atom is 0.244 e. The predicted octanol–water partition coefficient (Wildman–Crippen LogP) is 5.42. The molecule has 5 rings (SSSR count). The molecular formula is C27H21N3O2. The molecule has 0 bridgehead atoms. The zero-order valence-electron chi connectivity index (χ0n) is 17.2. The Hall–Kier alpha value is -4.38. The number of fused-ring (bicyclic) bond motifs is 3. The van der Waals surface area contributed by atoms with Crippen molar-refractivity contribution in [2.45, 2.75) is 6.54 Å². The van der Waals surface area contributed by atoms with E-state index in [-0.39, 0.29) is 11.7 Å². The average molecular weight is 419 g/mol. The fraction of sp³-hybridized carbons (Fsp3) is 0.0370. The van der Waals surface area contributed by atoms with Gasteiger partial charge in [0.05, 0.1) is 23.4 Å². The minimum atomic E-state index is -0.226. The number of pyridine rings is 1. The summed E-state index contributed by atoms with van der Waals surface area (Å²) < 4.78 is 0. The van der Waals surface area contributed by atoms with Gasteiger partial charge in [0.15, 0.2) is 0 Å². The molecule has 0 radical (unpaired) electrons. The smallest absolute Gasteiger partial charge is 0.244 e. The van der Waals surface area contributed by atoms with E-state index in [2.05, 4.69) is 22.4 Å². The lowest BCUT2D eigenvalue weighted by molar-refractivity contribution is -0.116. The largest absolute Gasteiger partial charge is 0.508 e. The van der Waals surface area contributed by atoms with E-state index in [9.17, 15) is 9.90 Å². The zero-order valence-corrected chi connectivity index (χ0v) is 17.2. The lowest BCUT2D eigenvalue weighted by Crippen LogP contribution is -2.21. The standard InChI is InChI=1S/C27H21N3O2/c31-21-10-6-7-18(15-21)13-14-25(32)28-17-20-16-23-22-11-4-5-12-24(22)30-27(23)26(29-20)19-8-2-1-3-9-19/h1-16,30-31H,17H2,(H,28,32)/b14-13+. The molecule has 5 heteroatoms. The number of carbonyl (C=O) groups is 1. The van der Waals surface area contributed by atoms with Gasteiger partial charge >= 0.3 is 0 Å². The molecule has 0 saturated heterocycles. The van der Waals surface area contributed by atoms with Crippen molar-refractivity contribution < 1.29 is 9.90 Å². The van der Waals surface area contributed by atoms with Gasteiger partial charge in [-0.15, -0.1) is 0 Å². The average Bonchev–Trinajstić information content (AvgIpc) is 3.20. The molecule has 0 fully saturated rings. The summed E-state index contributed by atoms with van der Waals surface area (Å²) in [5.41, 5.74) is 5.44. The molecule has 0 unspecified atom stereocenters. The molecule has 0 spiro atoms. The molecule has 32 heavy (non-hydrogen) atoms. The number of hydrogen-bond donors (Lipinski definition) is 3. The Morgan fingerprint density at radius 1 is 0.938 bits per heavy atom. The van der Waals surface area contributed by atoms with E-state index < -0.39 is 0 Å². The van der Waals surface area contributed by atoms with Gasteiger partial charge in [0.25, 0.3) is 0 Å². The van der Waals surface area contributed by atoms with Crippen LogP contribution in [0.2, 0.25) is 0 Å². The Labute approximate surface area is 185 Å². The molecule has 5 aromatic rings. The Morgan fingerprint density at radius 3 is 2.59 bits per heavy atom. The molecule has 0 aliphatic carbocycles. The number of aromatic hydroxyl groups is 1. The van der Waals surface area contributed by atoms with Crippen LogP contribution in [0.4, 0.5) is 0 Å². The number of amides is 1. The SMILES string of the molecule is O=C(/C=C/c1cccc(O)c1)NCc1cc2c([nH]c3ccccc32)c(-c2ccccc2)n1. The van der Waals surface area contributed by atoms with Crippen molar-refractivity contribution in [3.63, 3.8) is 0 Å². The molecule has 2 aromatic heterocycles. The van der Waals surface area contributed by atoms with Gasteiger partial charge in [-0.25, -0.2) is 4.98 Å². The molecular weight excluding hydrogens is 398 g/mol. The second-order valence-corrected chi connectivity index (χ2v) is 7.57. The zero-order chi connectivity index (χ0) is 21.9.